The number of hydrogen-bond donors (Lipinski definition) is 3. The van der Waals surface area contributed by atoms with E-state index in [2.05, 4.69) is 10.6 Å². The van der Waals surface area contributed by atoms with E-state index in [-0.39, 0.29) is 18.2 Å². The van der Waals surface area contributed by atoms with Crippen LogP contribution in [0.2, 0.25) is 10.0 Å². The second kappa shape index (κ2) is 9.63. The zero-order chi connectivity index (χ0) is 19.1. The van der Waals surface area contributed by atoms with E-state index < -0.39 is 24.0 Å². The van der Waals surface area contributed by atoms with Crippen molar-refractivity contribution in [2.45, 2.75) is 45.7 Å². The van der Waals surface area contributed by atoms with Crippen LogP contribution in [-0.2, 0) is 20.8 Å². The number of halogens is 2. The summed E-state index contributed by atoms with van der Waals surface area (Å²) in [7, 11) is 0. The van der Waals surface area contributed by atoms with Crippen molar-refractivity contribution in [1.29, 1.82) is 0 Å². The number of hydrogen-bond acceptors (Lipinski definition) is 3. The topological polar surface area (TPSA) is 95.5 Å². The molecule has 0 fully saturated rings. The second-order valence-electron chi connectivity index (χ2n) is 6.22. The number of benzene rings is 1. The van der Waals surface area contributed by atoms with Gasteiger partial charge in [0.05, 0.1) is 0 Å². The molecule has 0 bridgehead atoms. The molecule has 1 aromatic carbocycles. The average Bonchev–Trinajstić information content (AvgIpc) is 2.47. The Hall–Kier alpha value is -1.79. The van der Waals surface area contributed by atoms with E-state index in [0.29, 0.717) is 22.0 Å². The summed E-state index contributed by atoms with van der Waals surface area (Å²) in [5.41, 5.74) is 0.554. The van der Waals surface area contributed by atoms with Crippen molar-refractivity contribution in [2.24, 2.45) is 5.92 Å². The van der Waals surface area contributed by atoms with E-state index in [9.17, 15) is 19.5 Å². The predicted octanol–water partition coefficient (Wildman–Crippen LogP) is 2.66. The third-order valence-electron chi connectivity index (χ3n) is 3.45. The molecule has 0 saturated carbocycles. The highest BCUT2D eigenvalue weighted by molar-refractivity contribution is 6.35. The van der Waals surface area contributed by atoms with E-state index in [0.717, 1.165) is 0 Å². The molecule has 0 aliphatic heterocycles. The van der Waals surface area contributed by atoms with Crippen molar-refractivity contribution < 1.29 is 19.5 Å². The lowest BCUT2D eigenvalue weighted by molar-refractivity contribution is -0.142. The zero-order valence-corrected chi connectivity index (χ0v) is 15.8. The maximum Gasteiger partial charge on any atom is 0.326 e. The van der Waals surface area contributed by atoms with Crippen LogP contribution in [0.15, 0.2) is 18.2 Å². The molecule has 0 unspecified atom stereocenters. The molecule has 8 heteroatoms. The molecule has 138 valence electrons. The Morgan fingerprint density at radius 2 is 1.76 bits per heavy atom. The van der Waals surface area contributed by atoms with Gasteiger partial charge in [0.2, 0.25) is 11.8 Å². The van der Waals surface area contributed by atoms with Crippen LogP contribution in [0.5, 0.6) is 0 Å². The van der Waals surface area contributed by atoms with Crippen molar-refractivity contribution in [3.05, 3.63) is 33.8 Å². The van der Waals surface area contributed by atoms with Crippen LogP contribution in [-0.4, -0.2) is 35.0 Å². The molecule has 2 amide bonds. The lowest BCUT2D eigenvalue weighted by Crippen LogP contribution is -2.52. The highest BCUT2D eigenvalue weighted by Gasteiger charge is 2.27. The van der Waals surface area contributed by atoms with Gasteiger partial charge in [-0.1, -0.05) is 43.1 Å². The molecule has 3 N–H and O–H groups in total. The Kier molecular flexibility index (Phi) is 8.19. The van der Waals surface area contributed by atoms with Crippen LogP contribution in [0.4, 0.5) is 0 Å². The summed E-state index contributed by atoms with van der Waals surface area (Å²) in [6.07, 6.45) is 0.408. The molecule has 0 aliphatic carbocycles. The molecule has 6 nitrogen and oxygen atoms in total. The van der Waals surface area contributed by atoms with Crippen molar-refractivity contribution in [2.75, 3.05) is 0 Å². The summed E-state index contributed by atoms with van der Waals surface area (Å²) >= 11 is 11.9. The second-order valence-corrected chi connectivity index (χ2v) is 7.07. The first-order chi connectivity index (χ1) is 11.6. The summed E-state index contributed by atoms with van der Waals surface area (Å²) in [5.74, 6) is -1.93. The molecule has 2 atom stereocenters. The van der Waals surface area contributed by atoms with Crippen molar-refractivity contribution in [3.8, 4) is 0 Å². The molecule has 0 heterocycles. The molecule has 0 aromatic heterocycles. The third-order valence-corrected chi connectivity index (χ3v) is 4.04. The maximum absolute atomic E-state index is 12.4. The standard InChI is InChI=1S/C17H22Cl2N2O4/c1-9(2)6-14(20-10(3)22)16(23)21-15(17(24)25)7-11-4-5-12(18)8-13(11)19/h4-5,8-9,14-15H,6-7H2,1-3H3,(H,20,22)(H,21,23)(H,24,25)/t14-,15-/m0/s1. The fraction of sp³-hybridized carbons (Fsp3) is 0.471. The van der Waals surface area contributed by atoms with E-state index in [1.807, 2.05) is 13.8 Å². The lowest BCUT2D eigenvalue weighted by Gasteiger charge is -2.22. The van der Waals surface area contributed by atoms with Crippen LogP contribution >= 0.6 is 23.2 Å². The fourth-order valence-electron chi connectivity index (χ4n) is 2.33. The van der Waals surface area contributed by atoms with Gasteiger partial charge in [-0.25, -0.2) is 4.79 Å². The van der Waals surface area contributed by atoms with Crippen LogP contribution < -0.4 is 10.6 Å². The molecule has 0 radical (unpaired) electrons. The summed E-state index contributed by atoms with van der Waals surface area (Å²) in [5, 5.41) is 15.2. The minimum atomic E-state index is -1.19. The Morgan fingerprint density at radius 3 is 2.24 bits per heavy atom. The maximum atomic E-state index is 12.4. The predicted molar refractivity (Wildman–Crippen MR) is 96.8 cm³/mol. The molecular weight excluding hydrogens is 367 g/mol. The number of nitrogens with one attached hydrogen (secondary N) is 2. The van der Waals surface area contributed by atoms with Crippen LogP contribution in [0.3, 0.4) is 0 Å². The minimum absolute atomic E-state index is 0.00550. The molecule has 25 heavy (non-hydrogen) atoms. The molecule has 0 aliphatic rings. The Morgan fingerprint density at radius 1 is 1.12 bits per heavy atom. The lowest BCUT2D eigenvalue weighted by atomic mass is 10.0. The number of carboxylic acid groups (broad SMARTS) is 1. The van der Waals surface area contributed by atoms with Gasteiger partial charge < -0.3 is 15.7 Å². The quantitative estimate of drug-likeness (QED) is 0.637. The van der Waals surface area contributed by atoms with Gasteiger partial charge in [-0.15, -0.1) is 0 Å². The monoisotopic (exact) mass is 388 g/mol. The van der Waals surface area contributed by atoms with Crippen molar-refractivity contribution >= 4 is 41.0 Å². The Bertz CT molecular complexity index is 650. The fourth-order valence-corrected chi connectivity index (χ4v) is 2.81. The highest BCUT2D eigenvalue weighted by Crippen LogP contribution is 2.22. The summed E-state index contributed by atoms with van der Waals surface area (Å²) < 4.78 is 0. The number of carboxylic acids is 1. The van der Waals surface area contributed by atoms with E-state index >= 15 is 0 Å². The van der Waals surface area contributed by atoms with Crippen molar-refractivity contribution in [3.63, 3.8) is 0 Å². The molecule has 0 saturated heterocycles. The number of carbonyl (C=O) groups excluding carboxylic acids is 2. The smallest absolute Gasteiger partial charge is 0.326 e. The van der Waals surface area contributed by atoms with Gasteiger partial charge in [-0.05, 0) is 30.0 Å². The minimum Gasteiger partial charge on any atom is -0.480 e. The summed E-state index contributed by atoms with van der Waals surface area (Å²) in [6, 6.07) is 2.77. The SMILES string of the molecule is CC(=O)N[C@@H](CC(C)C)C(=O)N[C@@H](Cc1ccc(Cl)cc1Cl)C(=O)O. The van der Waals surface area contributed by atoms with Gasteiger partial charge in [0.25, 0.3) is 0 Å². The van der Waals surface area contributed by atoms with E-state index in [1.54, 1.807) is 12.1 Å². The first-order valence-electron chi connectivity index (χ1n) is 7.84. The normalized spacial score (nSPS) is 13.2. The first-order valence-corrected chi connectivity index (χ1v) is 8.60. The van der Waals surface area contributed by atoms with Gasteiger partial charge in [0.1, 0.15) is 12.1 Å². The average molecular weight is 389 g/mol. The van der Waals surface area contributed by atoms with Crippen LogP contribution in [0.1, 0.15) is 32.8 Å². The van der Waals surface area contributed by atoms with E-state index in [4.69, 9.17) is 23.2 Å². The number of amides is 2. The van der Waals surface area contributed by atoms with Gasteiger partial charge in [-0.2, -0.15) is 0 Å². The largest absolute Gasteiger partial charge is 0.480 e. The molecule has 0 spiro atoms. The van der Waals surface area contributed by atoms with Gasteiger partial charge in [0.15, 0.2) is 0 Å². The highest BCUT2D eigenvalue weighted by atomic mass is 35.5. The number of rotatable bonds is 8. The molecule has 1 aromatic rings. The zero-order valence-electron chi connectivity index (χ0n) is 14.3. The van der Waals surface area contributed by atoms with Gasteiger partial charge in [-0.3, -0.25) is 9.59 Å². The van der Waals surface area contributed by atoms with Crippen LogP contribution in [0, 0.1) is 5.92 Å². The third kappa shape index (κ3) is 7.32. The van der Waals surface area contributed by atoms with Crippen LogP contribution in [0.25, 0.3) is 0 Å². The summed E-state index contributed by atoms with van der Waals surface area (Å²) in [4.78, 5) is 35.2. The Labute approximate surface area is 156 Å². The molecule has 1 rings (SSSR count). The number of aliphatic carboxylic acids is 1. The van der Waals surface area contributed by atoms with Crippen molar-refractivity contribution in [1.82, 2.24) is 10.6 Å². The number of carbonyl (C=O) groups is 3. The summed E-state index contributed by atoms with van der Waals surface area (Å²) in [6.45, 7) is 5.12. The molecular formula is C17H22Cl2N2O4. The van der Waals surface area contributed by atoms with E-state index in [1.165, 1.54) is 13.0 Å². The van der Waals surface area contributed by atoms with Gasteiger partial charge >= 0.3 is 5.97 Å². The van der Waals surface area contributed by atoms with Gasteiger partial charge in [0, 0.05) is 23.4 Å². The first kappa shape index (κ1) is 21.3. The Balaban J connectivity index is 2.89.